The molecule has 1 aromatic carbocycles. The Morgan fingerprint density at radius 3 is 2.72 bits per heavy atom. The van der Waals surface area contributed by atoms with Gasteiger partial charge in [-0.25, -0.2) is 4.98 Å². The van der Waals surface area contributed by atoms with E-state index in [-0.39, 0.29) is 22.9 Å². The zero-order chi connectivity index (χ0) is 25.4. The molecule has 11 heteroatoms. The van der Waals surface area contributed by atoms with Crippen molar-refractivity contribution in [1.29, 1.82) is 0 Å². The first-order valence-electron chi connectivity index (χ1n) is 11.5. The van der Waals surface area contributed by atoms with E-state index in [0.29, 0.717) is 36.8 Å². The number of nitrogens with zero attached hydrogens (tertiary/aromatic N) is 4. The van der Waals surface area contributed by atoms with Crippen LogP contribution >= 0.6 is 22.9 Å². The normalized spacial score (nSPS) is 12.6. The van der Waals surface area contributed by atoms with E-state index in [1.54, 1.807) is 23.8 Å². The zero-order valence-corrected chi connectivity index (χ0v) is 22.0. The fraction of sp³-hybridized carbons (Fsp3) is 0.320. The number of hydrogen-bond acceptors (Lipinski definition) is 8. The van der Waals surface area contributed by atoms with E-state index in [1.165, 1.54) is 0 Å². The smallest absolute Gasteiger partial charge is 0.287 e. The Kier molecular flexibility index (Phi) is 6.35. The minimum absolute atomic E-state index is 0.0490. The van der Waals surface area contributed by atoms with E-state index in [2.05, 4.69) is 41.0 Å². The van der Waals surface area contributed by atoms with Crippen LogP contribution in [0.3, 0.4) is 0 Å². The number of benzene rings is 1. The fourth-order valence-corrected chi connectivity index (χ4v) is 5.28. The number of aryl methyl sites for hydroxylation is 1. The maximum atomic E-state index is 13.2. The molecule has 2 N–H and O–H groups in total. The Morgan fingerprint density at radius 2 is 2.06 bits per heavy atom. The van der Waals surface area contributed by atoms with Crippen molar-refractivity contribution in [3.8, 4) is 27.6 Å². The molecule has 0 unspecified atom stereocenters. The topological polar surface area (TPSA) is 111 Å². The summed E-state index contributed by atoms with van der Waals surface area (Å²) in [5.41, 5.74) is 4.27. The van der Waals surface area contributed by atoms with Crippen LogP contribution in [-0.4, -0.2) is 44.6 Å². The van der Waals surface area contributed by atoms with Crippen molar-refractivity contribution in [1.82, 2.24) is 24.5 Å². The summed E-state index contributed by atoms with van der Waals surface area (Å²) < 4.78 is 11.3. The third-order valence-corrected chi connectivity index (χ3v) is 7.21. The van der Waals surface area contributed by atoms with Crippen LogP contribution in [0.5, 0.6) is 5.75 Å². The van der Waals surface area contributed by atoms with Gasteiger partial charge in [0.2, 0.25) is 0 Å². The standard InChI is InChI=1S/C25H26N6O3S2/c1-25(2,3)13-26-24(33)22-28-20(19-6-5-9-35-19)21-15-11-16(27-23(32)17-12-36-30-29-17)18(34-4)10-14(15)7-8-31(21)22/h5-6,9-12H,7-8,13H2,1-4H3,(H,26,33)(H,27,32). The molecule has 1 aliphatic heterocycles. The number of ether oxygens (including phenoxy) is 1. The Balaban J connectivity index is 1.61. The molecule has 0 spiro atoms. The van der Waals surface area contributed by atoms with E-state index >= 15 is 0 Å². The lowest BCUT2D eigenvalue weighted by atomic mass is 9.95. The number of methoxy groups -OCH3 is 1. The number of anilines is 1. The molecule has 3 aromatic heterocycles. The van der Waals surface area contributed by atoms with Gasteiger partial charge in [-0.1, -0.05) is 31.3 Å². The Labute approximate surface area is 216 Å². The number of imidazole rings is 1. The summed E-state index contributed by atoms with van der Waals surface area (Å²) in [6, 6.07) is 7.81. The van der Waals surface area contributed by atoms with Gasteiger partial charge in [-0.15, -0.1) is 16.4 Å². The quantitative estimate of drug-likeness (QED) is 0.379. The highest BCUT2D eigenvalue weighted by Gasteiger charge is 2.30. The number of carbonyl (C=O) groups excluding carboxylic acids is 2. The van der Waals surface area contributed by atoms with Crippen molar-refractivity contribution >= 4 is 40.4 Å². The monoisotopic (exact) mass is 522 g/mol. The van der Waals surface area contributed by atoms with E-state index in [1.807, 2.05) is 34.2 Å². The average molecular weight is 523 g/mol. The highest BCUT2D eigenvalue weighted by Crippen LogP contribution is 2.43. The summed E-state index contributed by atoms with van der Waals surface area (Å²) in [5.74, 6) is 0.375. The summed E-state index contributed by atoms with van der Waals surface area (Å²) in [5, 5.41) is 13.4. The first-order chi connectivity index (χ1) is 17.2. The molecule has 0 atom stereocenters. The van der Waals surface area contributed by atoms with E-state index in [4.69, 9.17) is 9.72 Å². The van der Waals surface area contributed by atoms with Crippen LogP contribution in [-0.2, 0) is 13.0 Å². The van der Waals surface area contributed by atoms with E-state index in [0.717, 1.165) is 38.9 Å². The van der Waals surface area contributed by atoms with Gasteiger partial charge in [0.25, 0.3) is 11.8 Å². The predicted octanol–water partition coefficient (Wildman–Crippen LogP) is 4.72. The number of amides is 2. The molecule has 36 heavy (non-hydrogen) atoms. The Morgan fingerprint density at radius 1 is 1.22 bits per heavy atom. The minimum Gasteiger partial charge on any atom is -0.495 e. The van der Waals surface area contributed by atoms with Gasteiger partial charge in [0.15, 0.2) is 11.5 Å². The van der Waals surface area contributed by atoms with Crippen LogP contribution in [0, 0.1) is 5.41 Å². The molecule has 0 saturated heterocycles. The molecule has 0 fully saturated rings. The van der Waals surface area contributed by atoms with Crippen molar-refractivity contribution in [2.75, 3.05) is 19.0 Å². The molecule has 5 rings (SSSR count). The molecule has 0 aliphatic carbocycles. The highest BCUT2D eigenvalue weighted by atomic mass is 32.1. The lowest BCUT2D eigenvalue weighted by Crippen LogP contribution is -2.34. The molecule has 4 heterocycles. The lowest BCUT2D eigenvalue weighted by Gasteiger charge is -2.23. The van der Waals surface area contributed by atoms with Gasteiger partial charge < -0.3 is 19.9 Å². The van der Waals surface area contributed by atoms with E-state index in [9.17, 15) is 9.59 Å². The van der Waals surface area contributed by atoms with Crippen LogP contribution in [0.15, 0.2) is 35.0 Å². The van der Waals surface area contributed by atoms with Crippen LogP contribution in [0.25, 0.3) is 21.8 Å². The molecule has 4 aromatic rings. The van der Waals surface area contributed by atoms with E-state index < -0.39 is 0 Å². The van der Waals surface area contributed by atoms with Gasteiger partial charge in [-0.05, 0) is 52.5 Å². The number of aromatic nitrogens is 4. The number of hydrogen-bond donors (Lipinski definition) is 2. The minimum atomic E-state index is -0.368. The summed E-state index contributed by atoms with van der Waals surface area (Å²) in [4.78, 5) is 31.8. The summed E-state index contributed by atoms with van der Waals surface area (Å²) in [7, 11) is 1.57. The van der Waals surface area contributed by atoms with Gasteiger partial charge in [-0.3, -0.25) is 9.59 Å². The fourth-order valence-electron chi connectivity index (χ4n) is 4.12. The average Bonchev–Trinajstić information content (AvgIpc) is 3.62. The van der Waals surface area contributed by atoms with Gasteiger partial charge in [-0.2, -0.15) is 0 Å². The second kappa shape index (κ2) is 9.47. The lowest BCUT2D eigenvalue weighted by molar-refractivity contribution is 0.0924. The number of fused-ring (bicyclic) bond motifs is 3. The molecule has 9 nitrogen and oxygen atoms in total. The second-order valence-corrected chi connectivity index (χ2v) is 11.3. The van der Waals surface area contributed by atoms with Crippen molar-refractivity contribution in [2.45, 2.75) is 33.7 Å². The molecule has 186 valence electrons. The molecule has 0 radical (unpaired) electrons. The SMILES string of the molecule is COc1cc2c(cc1NC(=O)c1csnn1)-c1c(-c3cccs3)nc(C(=O)NCC(C)(C)C)n1CC2. The molecule has 0 bridgehead atoms. The van der Waals surface area contributed by atoms with Gasteiger partial charge in [0.1, 0.15) is 11.4 Å². The first kappa shape index (κ1) is 24.1. The van der Waals surface area contributed by atoms with Gasteiger partial charge in [0, 0.05) is 24.0 Å². The van der Waals surface area contributed by atoms with Crippen molar-refractivity contribution in [2.24, 2.45) is 5.41 Å². The summed E-state index contributed by atoms with van der Waals surface area (Å²) >= 11 is 2.68. The molecular weight excluding hydrogens is 496 g/mol. The first-order valence-corrected chi connectivity index (χ1v) is 13.2. The molecular formula is C25H26N6O3S2. The maximum Gasteiger partial charge on any atom is 0.287 e. The maximum absolute atomic E-state index is 13.2. The number of thiophene rings is 1. The zero-order valence-electron chi connectivity index (χ0n) is 20.4. The van der Waals surface area contributed by atoms with Crippen LogP contribution < -0.4 is 15.4 Å². The second-order valence-electron chi connectivity index (χ2n) is 9.71. The Bertz CT molecular complexity index is 1420. The van der Waals surface area contributed by atoms with Crippen molar-refractivity contribution in [3.05, 3.63) is 52.1 Å². The third kappa shape index (κ3) is 4.63. The summed E-state index contributed by atoms with van der Waals surface area (Å²) in [6.07, 6.45) is 0.697. The largest absolute Gasteiger partial charge is 0.495 e. The summed E-state index contributed by atoms with van der Waals surface area (Å²) in [6.45, 7) is 7.38. The number of nitrogens with one attached hydrogen (secondary N) is 2. The molecule has 2 amide bonds. The number of rotatable bonds is 6. The van der Waals surface area contributed by atoms with Gasteiger partial charge in [0.05, 0.1) is 23.4 Å². The predicted molar refractivity (Wildman–Crippen MR) is 141 cm³/mol. The highest BCUT2D eigenvalue weighted by molar-refractivity contribution is 7.13. The third-order valence-electron chi connectivity index (χ3n) is 5.83. The van der Waals surface area contributed by atoms with Crippen LogP contribution in [0.1, 0.15) is 47.4 Å². The van der Waals surface area contributed by atoms with Crippen molar-refractivity contribution in [3.63, 3.8) is 0 Å². The number of carbonyl (C=O) groups is 2. The Hall–Kier alpha value is -3.57. The van der Waals surface area contributed by atoms with Crippen molar-refractivity contribution < 1.29 is 14.3 Å². The van der Waals surface area contributed by atoms with Crippen LogP contribution in [0.2, 0.25) is 0 Å². The van der Waals surface area contributed by atoms with Gasteiger partial charge >= 0.3 is 0 Å². The molecule has 1 aliphatic rings. The molecule has 0 saturated carbocycles. The van der Waals surface area contributed by atoms with Crippen LogP contribution in [0.4, 0.5) is 5.69 Å².